The molecule has 1 saturated carbocycles. The van der Waals surface area contributed by atoms with Gasteiger partial charge in [-0.1, -0.05) is 6.92 Å². The molecule has 4 nitrogen and oxygen atoms in total. The standard InChI is InChI=1S/C16H20N4S/c1-10-5-7-11(8-6-10)19-20-15-14-12-3-2-4-13(12)21-16(14)18-9-17-15/h9-10H,2-8H2,1H3,(H,17,18,20). The molecule has 0 amide bonds. The van der Waals surface area contributed by atoms with E-state index < -0.39 is 0 Å². The van der Waals surface area contributed by atoms with Crippen LogP contribution in [0.15, 0.2) is 11.4 Å². The molecule has 110 valence electrons. The molecule has 4 rings (SSSR count). The van der Waals surface area contributed by atoms with E-state index in [1.807, 2.05) is 11.3 Å². The van der Waals surface area contributed by atoms with Crippen molar-refractivity contribution >= 4 is 33.1 Å². The summed E-state index contributed by atoms with van der Waals surface area (Å²) in [4.78, 5) is 11.5. The molecule has 0 bridgehead atoms. The summed E-state index contributed by atoms with van der Waals surface area (Å²) in [6, 6.07) is 0. The number of nitrogens with one attached hydrogen (secondary N) is 1. The molecule has 0 aliphatic heterocycles. The third kappa shape index (κ3) is 2.44. The highest BCUT2D eigenvalue weighted by atomic mass is 32.1. The molecular weight excluding hydrogens is 280 g/mol. The third-order valence-electron chi connectivity index (χ3n) is 4.67. The van der Waals surface area contributed by atoms with Gasteiger partial charge in [-0.25, -0.2) is 9.97 Å². The van der Waals surface area contributed by atoms with Gasteiger partial charge in [-0.15, -0.1) is 11.3 Å². The fraction of sp³-hybridized carbons (Fsp3) is 0.562. The fourth-order valence-electron chi connectivity index (χ4n) is 3.35. The van der Waals surface area contributed by atoms with Gasteiger partial charge in [0.2, 0.25) is 0 Å². The third-order valence-corrected chi connectivity index (χ3v) is 5.87. The lowest BCUT2D eigenvalue weighted by Crippen LogP contribution is -2.13. The lowest BCUT2D eigenvalue weighted by Gasteiger charge is -2.18. The number of fused-ring (bicyclic) bond motifs is 3. The van der Waals surface area contributed by atoms with Crippen LogP contribution >= 0.6 is 11.3 Å². The SMILES string of the molecule is CC1CCC(=NNc2ncnc3sc4c(c23)CCC4)CC1. The molecule has 0 unspecified atom stereocenters. The number of anilines is 1. The molecule has 1 N–H and O–H groups in total. The van der Waals surface area contributed by atoms with Gasteiger partial charge in [0.15, 0.2) is 5.82 Å². The first-order valence-electron chi connectivity index (χ1n) is 7.88. The highest BCUT2D eigenvalue weighted by molar-refractivity contribution is 7.19. The van der Waals surface area contributed by atoms with Gasteiger partial charge in [0.05, 0.1) is 5.39 Å². The molecular formula is C16H20N4S. The first kappa shape index (κ1) is 13.2. The Balaban J connectivity index is 1.63. The summed E-state index contributed by atoms with van der Waals surface area (Å²) >= 11 is 1.82. The molecule has 2 aromatic rings. The number of aryl methyl sites for hydroxylation is 2. The maximum absolute atomic E-state index is 4.62. The summed E-state index contributed by atoms with van der Waals surface area (Å²) in [5.74, 6) is 1.74. The molecule has 0 aromatic carbocycles. The Hall–Kier alpha value is -1.49. The van der Waals surface area contributed by atoms with Gasteiger partial charge in [0, 0.05) is 10.6 Å². The number of aromatic nitrogens is 2. The van der Waals surface area contributed by atoms with Crippen molar-refractivity contribution in [2.75, 3.05) is 5.43 Å². The Labute approximate surface area is 128 Å². The molecule has 2 aromatic heterocycles. The Kier molecular flexibility index (Phi) is 3.37. The topological polar surface area (TPSA) is 50.2 Å². The van der Waals surface area contributed by atoms with Crippen LogP contribution in [0.2, 0.25) is 0 Å². The van der Waals surface area contributed by atoms with Gasteiger partial charge < -0.3 is 0 Å². The van der Waals surface area contributed by atoms with E-state index in [9.17, 15) is 0 Å². The van der Waals surface area contributed by atoms with E-state index in [0.717, 1.165) is 35.8 Å². The van der Waals surface area contributed by atoms with E-state index >= 15 is 0 Å². The zero-order valence-electron chi connectivity index (χ0n) is 12.4. The summed E-state index contributed by atoms with van der Waals surface area (Å²) in [6.45, 7) is 2.33. The van der Waals surface area contributed by atoms with Crippen LogP contribution in [0.4, 0.5) is 5.82 Å². The highest BCUT2D eigenvalue weighted by Gasteiger charge is 2.21. The zero-order valence-corrected chi connectivity index (χ0v) is 13.2. The number of rotatable bonds is 2. The minimum atomic E-state index is 0.842. The van der Waals surface area contributed by atoms with Crippen molar-refractivity contribution in [1.82, 2.24) is 9.97 Å². The van der Waals surface area contributed by atoms with Gasteiger partial charge >= 0.3 is 0 Å². The summed E-state index contributed by atoms with van der Waals surface area (Å²) in [7, 11) is 0. The summed E-state index contributed by atoms with van der Waals surface area (Å²) < 4.78 is 0. The quantitative estimate of drug-likeness (QED) is 0.847. The van der Waals surface area contributed by atoms with Gasteiger partial charge in [0.25, 0.3) is 0 Å². The van der Waals surface area contributed by atoms with Crippen molar-refractivity contribution in [2.24, 2.45) is 11.0 Å². The molecule has 21 heavy (non-hydrogen) atoms. The molecule has 0 radical (unpaired) electrons. The number of hydrogen-bond donors (Lipinski definition) is 1. The lowest BCUT2D eigenvalue weighted by atomic mass is 9.90. The Morgan fingerprint density at radius 2 is 2.05 bits per heavy atom. The average molecular weight is 300 g/mol. The summed E-state index contributed by atoms with van der Waals surface area (Å²) in [6.07, 6.45) is 10.0. The molecule has 1 fully saturated rings. The molecule has 2 aliphatic rings. The van der Waals surface area contributed by atoms with Gasteiger partial charge in [-0.2, -0.15) is 5.10 Å². The van der Waals surface area contributed by atoms with Gasteiger partial charge in [-0.05, 0) is 56.4 Å². The van der Waals surface area contributed by atoms with Gasteiger partial charge in [-0.3, -0.25) is 5.43 Å². The van der Waals surface area contributed by atoms with E-state index in [2.05, 4.69) is 27.4 Å². The van der Waals surface area contributed by atoms with E-state index in [0.29, 0.717) is 0 Å². The van der Waals surface area contributed by atoms with Crippen molar-refractivity contribution in [1.29, 1.82) is 0 Å². The first-order chi connectivity index (χ1) is 10.3. The van der Waals surface area contributed by atoms with Crippen LogP contribution in [0.25, 0.3) is 10.2 Å². The van der Waals surface area contributed by atoms with Crippen molar-refractivity contribution in [3.63, 3.8) is 0 Å². The second kappa shape index (κ2) is 5.37. The van der Waals surface area contributed by atoms with Crippen molar-refractivity contribution in [2.45, 2.75) is 51.9 Å². The van der Waals surface area contributed by atoms with Crippen molar-refractivity contribution in [3.05, 3.63) is 16.8 Å². The van der Waals surface area contributed by atoms with Crippen LogP contribution < -0.4 is 5.43 Å². The minimum Gasteiger partial charge on any atom is -0.261 e. The molecule has 5 heteroatoms. The van der Waals surface area contributed by atoms with E-state index in [4.69, 9.17) is 0 Å². The molecule has 2 heterocycles. The van der Waals surface area contributed by atoms with E-state index in [-0.39, 0.29) is 0 Å². The molecule has 0 atom stereocenters. The van der Waals surface area contributed by atoms with Crippen LogP contribution in [-0.2, 0) is 12.8 Å². The maximum atomic E-state index is 4.62. The van der Waals surface area contributed by atoms with Gasteiger partial charge in [0.1, 0.15) is 11.2 Å². The number of hydrogen-bond acceptors (Lipinski definition) is 5. The lowest BCUT2D eigenvalue weighted by molar-refractivity contribution is 0.483. The summed E-state index contributed by atoms with van der Waals surface area (Å²) in [5.41, 5.74) is 5.97. The zero-order chi connectivity index (χ0) is 14.2. The predicted molar refractivity (Wildman–Crippen MR) is 88.1 cm³/mol. The van der Waals surface area contributed by atoms with Crippen molar-refractivity contribution in [3.8, 4) is 0 Å². The minimum absolute atomic E-state index is 0.842. The monoisotopic (exact) mass is 300 g/mol. The van der Waals surface area contributed by atoms with E-state index in [1.54, 1.807) is 6.33 Å². The van der Waals surface area contributed by atoms with Crippen LogP contribution in [-0.4, -0.2) is 15.7 Å². The van der Waals surface area contributed by atoms with Crippen LogP contribution in [0, 0.1) is 5.92 Å². The maximum Gasteiger partial charge on any atom is 0.158 e. The second-order valence-corrected chi connectivity index (χ2v) is 7.32. The Bertz CT molecular complexity index is 694. The predicted octanol–water partition coefficient (Wildman–Crippen LogP) is 4.16. The molecule has 0 spiro atoms. The van der Waals surface area contributed by atoms with Crippen LogP contribution in [0.3, 0.4) is 0 Å². The van der Waals surface area contributed by atoms with E-state index in [1.165, 1.54) is 47.2 Å². The first-order valence-corrected chi connectivity index (χ1v) is 8.69. The van der Waals surface area contributed by atoms with Crippen molar-refractivity contribution < 1.29 is 0 Å². The second-order valence-electron chi connectivity index (χ2n) is 6.23. The fourth-order valence-corrected chi connectivity index (χ4v) is 4.58. The average Bonchev–Trinajstić information content (AvgIpc) is 3.07. The summed E-state index contributed by atoms with van der Waals surface area (Å²) in [5, 5.41) is 5.84. The Morgan fingerprint density at radius 3 is 2.90 bits per heavy atom. The normalized spacial score (nSPS) is 21.6. The van der Waals surface area contributed by atoms with Crippen LogP contribution in [0.1, 0.15) is 49.5 Å². The number of hydrazone groups is 1. The van der Waals surface area contributed by atoms with Crippen LogP contribution in [0.5, 0.6) is 0 Å². The number of nitrogens with zero attached hydrogens (tertiary/aromatic N) is 3. The number of thiophene rings is 1. The molecule has 0 saturated heterocycles. The smallest absolute Gasteiger partial charge is 0.158 e. The Morgan fingerprint density at radius 1 is 1.19 bits per heavy atom. The highest BCUT2D eigenvalue weighted by Crippen LogP contribution is 2.39. The molecule has 2 aliphatic carbocycles. The largest absolute Gasteiger partial charge is 0.261 e.